The van der Waals surface area contributed by atoms with E-state index in [4.69, 9.17) is 0 Å². The number of carbonyl (C=O) groups excluding carboxylic acids is 2. The molecule has 118 valence electrons. The summed E-state index contributed by atoms with van der Waals surface area (Å²) >= 11 is 0. The van der Waals surface area contributed by atoms with Gasteiger partial charge in [-0.05, 0) is 31.5 Å². The van der Waals surface area contributed by atoms with Crippen molar-refractivity contribution < 1.29 is 9.59 Å². The molecule has 0 saturated carbocycles. The molecule has 2 aromatic rings. The van der Waals surface area contributed by atoms with Crippen LogP contribution in [0.3, 0.4) is 0 Å². The van der Waals surface area contributed by atoms with Crippen molar-refractivity contribution >= 4 is 17.5 Å². The number of benzene rings is 2. The quantitative estimate of drug-likeness (QED) is 0.796. The molecule has 4 rings (SSSR count). The Hall–Kier alpha value is -3.08. The number of hydrogen-bond donors (Lipinski definition) is 0. The SMILES string of the molecule is Cc1ccc(N2C(=O)C3=C(C2=O)[C@@](C)(c2ccccc2)N=N3)cc1. The average molecular weight is 317 g/mol. The van der Waals surface area contributed by atoms with E-state index in [1.807, 2.05) is 56.3 Å². The lowest BCUT2D eigenvalue weighted by Gasteiger charge is -2.24. The summed E-state index contributed by atoms with van der Waals surface area (Å²) in [6.07, 6.45) is 0. The molecule has 2 aromatic carbocycles. The molecule has 5 nitrogen and oxygen atoms in total. The lowest BCUT2D eigenvalue weighted by Crippen LogP contribution is -2.35. The molecule has 24 heavy (non-hydrogen) atoms. The van der Waals surface area contributed by atoms with Gasteiger partial charge in [0.2, 0.25) is 0 Å². The van der Waals surface area contributed by atoms with E-state index >= 15 is 0 Å². The molecule has 1 atom stereocenters. The van der Waals surface area contributed by atoms with Gasteiger partial charge in [0.15, 0.2) is 5.70 Å². The predicted octanol–water partition coefficient (Wildman–Crippen LogP) is 3.50. The van der Waals surface area contributed by atoms with Crippen LogP contribution in [0.25, 0.3) is 0 Å². The van der Waals surface area contributed by atoms with E-state index in [1.165, 1.54) is 4.90 Å². The molecule has 2 amide bonds. The van der Waals surface area contributed by atoms with Crippen molar-refractivity contribution in [3.63, 3.8) is 0 Å². The van der Waals surface area contributed by atoms with E-state index < -0.39 is 11.4 Å². The first-order valence-electron chi connectivity index (χ1n) is 7.71. The van der Waals surface area contributed by atoms with Gasteiger partial charge in [-0.1, -0.05) is 48.0 Å². The van der Waals surface area contributed by atoms with Gasteiger partial charge in [-0.2, -0.15) is 5.11 Å². The topological polar surface area (TPSA) is 62.1 Å². The van der Waals surface area contributed by atoms with E-state index in [0.29, 0.717) is 11.3 Å². The van der Waals surface area contributed by atoms with E-state index in [1.54, 1.807) is 12.1 Å². The maximum Gasteiger partial charge on any atom is 0.286 e. The fourth-order valence-corrected chi connectivity index (χ4v) is 3.14. The molecule has 0 radical (unpaired) electrons. The first-order valence-corrected chi connectivity index (χ1v) is 7.71. The largest absolute Gasteiger partial charge is 0.286 e. The maximum absolute atomic E-state index is 13.0. The summed E-state index contributed by atoms with van der Waals surface area (Å²) in [5.41, 5.74) is 2.02. The zero-order valence-corrected chi connectivity index (χ0v) is 13.4. The zero-order chi connectivity index (χ0) is 16.9. The molecule has 0 fully saturated rings. The van der Waals surface area contributed by atoms with Gasteiger partial charge in [0.1, 0.15) is 5.54 Å². The molecule has 2 aliphatic rings. The molecule has 0 bridgehead atoms. The van der Waals surface area contributed by atoms with Crippen molar-refractivity contribution in [2.45, 2.75) is 19.4 Å². The van der Waals surface area contributed by atoms with Gasteiger partial charge in [-0.25, -0.2) is 4.90 Å². The monoisotopic (exact) mass is 317 g/mol. The number of imide groups is 1. The van der Waals surface area contributed by atoms with Crippen LogP contribution >= 0.6 is 0 Å². The normalized spacial score (nSPS) is 22.5. The molecule has 0 aromatic heterocycles. The van der Waals surface area contributed by atoms with Gasteiger partial charge in [-0.3, -0.25) is 9.59 Å². The van der Waals surface area contributed by atoms with E-state index in [-0.39, 0.29) is 11.6 Å². The summed E-state index contributed by atoms with van der Waals surface area (Å²) in [5, 5.41) is 8.29. The van der Waals surface area contributed by atoms with E-state index in [9.17, 15) is 9.59 Å². The summed E-state index contributed by atoms with van der Waals surface area (Å²) in [4.78, 5) is 26.9. The summed E-state index contributed by atoms with van der Waals surface area (Å²) in [7, 11) is 0. The Morgan fingerprint density at radius 1 is 0.917 bits per heavy atom. The molecule has 0 N–H and O–H groups in total. The summed E-state index contributed by atoms with van der Waals surface area (Å²) in [6, 6.07) is 16.7. The number of azo groups is 1. The Morgan fingerprint density at radius 2 is 1.58 bits per heavy atom. The van der Waals surface area contributed by atoms with Gasteiger partial charge in [0.05, 0.1) is 11.3 Å². The maximum atomic E-state index is 13.0. The molecule has 2 aliphatic heterocycles. The van der Waals surface area contributed by atoms with Crippen molar-refractivity contribution in [3.05, 3.63) is 77.0 Å². The van der Waals surface area contributed by atoms with Gasteiger partial charge in [0, 0.05) is 0 Å². The van der Waals surface area contributed by atoms with Crippen molar-refractivity contribution in [1.29, 1.82) is 0 Å². The second-order valence-electron chi connectivity index (χ2n) is 6.14. The van der Waals surface area contributed by atoms with Gasteiger partial charge >= 0.3 is 0 Å². The zero-order valence-electron chi connectivity index (χ0n) is 13.4. The van der Waals surface area contributed by atoms with Crippen LogP contribution in [-0.4, -0.2) is 11.8 Å². The van der Waals surface area contributed by atoms with Crippen LogP contribution in [-0.2, 0) is 15.1 Å². The van der Waals surface area contributed by atoms with E-state index in [2.05, 4.69) is 10.2 Å². The molecule has 0 spiro atoms. The van der Waals surface area contributed by atoms with Crippen LogP contribution in [0, 0.1) is 6.92 Å². The molecule has 2 heterocycles. The number of carbonyl (C=O) groups is 2. The van der Waals surface area contributed by atoms with Gasteiger partial charge in [0.25, 0.3) is 11.8 Å². The van der Waals surface area contributed by atoms with Crippen LogP contribution in [0.1, 0.15) is 18.1 Å². The minimum Gasteiger partial charge on any atom is -0.268 e. The van der Waals surface area contributed by atoms with Crippen LogP contribution in [0.15, 0.2) is 76.1 Å². The number of nitrogens with zero attached hydrogens (tertiary/aromatic N) is 3. The highest BCUT2D eigenvalue weighted by Gasteiger charge is 2.52. The lowest BCUT2D eigenvalue weighted by atomic mass is 9.85. The second kappa shape index (κ2) is 4.96. The van der Waals surface area contributed by atoms with Crippen molar-refractivity contribution in [1.82, 2.24) is 0 Å². The highest BCUT2D eigenvalue weighted by Crippen LogP contribution is 2.46. The van der Waals surface area contributed by atoms with Crippen molar-refractivity contribution in [2.75, 3.05) is 4.90 Å². The number of aryl methyl sites for hydroxylation is 1. The molecule has 0 unspecified atom stereocenters. The number of anilines is 1. The second-order valence-corrected chi connectivity index (χ2v) is 6.14. The Bertz CT molecular complexity index is 913. The highest BCUT2D eigenvalue weighted by molar-refractivity contribution is 6.33. The van der Waals surface area contributed by atoms with Gasteiger partial charge in [-0.15, -0.1) is 5.11 Å². The number of rotatable bonds is 2. The Labute approximate surface area is 139 Å². The number of amides is 2. The third-order valence-corrected chi connectivity index (χ3v) is 4.52. The minimum absolute atomic E-state index is 0.145. The Morgan fingerprint density at radius 3 is 2.25 bits per heavy atom. The van der Waals surface area contributed by atoms with Crippen LogP contribution in [0.2, 0.25) is 0 Å². The Kier molecular flexibility index (Phi) is 3.00. The first kappa shape index (κ1) is 14.5. The average Bonchev–Trinajstić information content (AvgIpc) is 3.08. The molecule has 0 saturated heterocycles. The van der Waals surface area contributed by atoms with Crippen LogP contribution in [0.5, 0.6) is 0 Å². The van der Waals surface area contributed by atoms with Crippen LogP contribution < -0.4 is 4.90 Å². The number of hydrogen-bond acceptors (Lipinski definition) is 4. The highest BCUT2D eigenvalue weighted by atomic mass is 16.2. The van der Waals surface area contributed by atoms with Crippen LogP contribution in [0.4, 0.5) is 5.69 Å². The summed E-state index contributed by atoms with van der Waals surface area (Å²) in [5.74, 6) is -0.766. The van der Waals surface area contributed by atoms with Gasteiger partial charge < -0.3 is 0 Å². The molecule has 0 aliphatic carbocycles. The molecule has 5 heteroatoms. The summed E-state index contributed by atoms with van der Waals surface area (Å²) in [6.45, 7) is 3.77. The lowest BCUT2D eigenvalue weighted by molar-refractivity contribution is -0.121. The van der Waals surface area contributed by atoms with E-state index in [0.717, 1.165) is 11.1 Å². The van der Waals surface area contributed by atoms with Crippen molar-refractivity contribution in [2.24, 2.45) is 10.2 Å². The first-order chi connectivity index (χ1) is 11.5. The molecular weight excluding hydrogens is 302 g/mol. The standard InChI is InChI=1S/C19H15N3O2/c1-12-8-10-14(11-9-12)22-17(23)15-16(18(22)24)20-21-19(15,2)13-6-4-3-5-7-13/h3-11H,1-2H3/t19-/m1/s1. The minimum atomic E-state index is -0.928. The fourth-order valence-electron chi connectivity index (χ4n) is 3.14. The third-order valence-electron chi connectivity index (χ3n) is 4.52. The van der Waals surface area contributed by atoms with Crippen molar-refractivity contribution in [3.8, 4) is 0 Å². The summed E-state index contributed by atoms with van der Waals surface area (Å²) < 4.78 is 0. The predicted molar refractivity (Wildman–Crippen MR) is 89.3 cm³/mol. The third kappa shape index (κ3) is 1.88. The Balaban J connectivity index is 1.79. The fraction of sp³-hybridized carbons (Fsp3) is 0.158. The molecular formula is C19H15N3O2. The smallest absolute Gasteiger partial charge is 0.268 e.